The van der Waals surface area contributed by atoms with Crippen LogP contribution < -0.4 is 0 Å². The third-order valence-electron chi connectivity index (χ3n) is 3.96. The normalized spacial score (nSPS) is 12.2. The Labute approximate surface area is 179 Å². The highest BCUT2D eigenvalue weighted by molar-refractivity contribution is 5.97. The summed E-state index contributed by atoms with van der Waals surface area (Å²) >= 11 is 0. The van der Waals surface area contributed by atoms with E-state index in [-0.39, 0.29) is 5.41 Å². The predicted octanol–water partition coefficient (Wildman–Crippen LogP) is 4.62. The van der Waals surface area contributed by atoms with E-state index in [9.17, 15) is 0 Å². The van der Waals surface area contributed by atoms with E-state index in [0.717, 1.165) is 47.0 Å². The number of oxime groups is 2. The molecule has 0 aliphatic carbocycles. The van der Waals surface area contributed by atoms with E-state index in [1.54, 1.807) is 0 Å². The Balaban J connectivity index is 1.88. The highest BCUT2D eigenvalue weighted by Gasteiger charge is 2.05. The molecular weight excluding hydrogens is 376 g/mol. The first-order chi connectivity index (χ1) is 14.3. The summed E-state index contributed by atoms with van der Waals surface area (Å²) in [7, 11) is 1.53. The molecule has 2 aromatic rings. The van der Waals surface area contributed by atoms with E-state index < -0.39 is 0 Å². The molecule has 0 amide bonds. The number of hydrogen-bond donors (Lipinski definition) is 0. The molecule has 6 nitrogen and oxygen atoms in total. The Morgan fingerprint density at radius 1 is 0.967 bits per heavy atom. The maximum Gasteiger partial charge on any atom is 0.117 e. The first kappa shape index (κ1) is 23.1. The highest BCUT2D eigenvalue weighted by Crippen LogP contribution is 2.11. The minimum absolute atomic E-state index is 0.0619. The molecule has 0 saturated heterocycles. The molecule has 2 heterocycles. The number of nitrogens with zero attached hydrogens (tertiary/aromatic N) is 4. The molecule has 0 aliphatic heterocycles. The van der Waals surface area contributed by atoms with Gasteiger partial charge < -0.3 is 9.68 Å². The minimum atomic E-state index is -0.0619. The topological polar surface area (TPSA) is 69.0 Å². The molecule has 0 N–H and O–H groups in total. The standard InChI is InChI=1S/C24H30N4O2/c1-18(27-29-6)22-13-7-10-20(25-22)12-9-17-30-28-19(2)23-14-8-11-21(26-23)15-16-24(3,4)5/h7-8,10-11,13-14H,9,12,17H2,1-6H3/b27-18+,28-19+. The fourth-order valence-electron chi connectivity index (χ4n) is 2.47. The molecule has 0 spiro atoms. The van der Waals surface area contributed by atoms with Gasteiger partial charge >= 0.3 is 0 Å². The zero-order chi connectivity index (χ0) is 22.0. The quantitative estimate of drug-likeness (QED) is 0.278. The van der Waals surface area contributed by atoms with Crippen molar-refractivity contribution in [3.05, 3.63) is 59.2 Å². The van der Waals surface area contributed by atoms with Crippen LogP contribution in [0.1, 0.15) is 63.8 Å². The van der Waals surface area contributed by atoms with Crippen LogP contribution >= 0.6 is 0 Å². The van der Waals surface area contributed by atoms with Crippen molar-refractivity contribution in [2.24, 2.45) is 15.7 Å². The van der Waals surface area contributed by atoms with E-state index in [1.165, 1.54) is 7.11 Å². The summed E-state index contributed by atoms with van der Waals surface area (Å²) in [5.41, 5.74) is 4.69. The predicted molar refractivity (Wildman–Crippen MR) is 121 cm³/mol. The molecule has 0 aromatic carbocycles. The molecule has 158 valence electrons. The third kappa shape index (κ3) is 8.04. The molecule has 0 bridgehead atoms. The molecule has 30 heavy (non-hydrogen) atoms. The lowest BCUT2D eigenvalue weighted by atomic mass is 9.98. The van der Waals surface area contributed by atoms with E-state index in [0.29, 0.717) is 6.61 Å². The second kappa shape index (κ2) is 11.1. The SMILES string of the molecule is CO/N=C(\C)c1cccc(CCCO/N=C(\C)c2cccc(C#CC(C)(C)C)n2)n1. The van der Waals surface area contributed by atoms with Gasteiger partial charge in [-0.2, -0.15) is 0 Å². The van der Waals surface area contributed by atoms with Crippen molar-refractivity contribution in [2.45, 2.75) is 47.5 Å². The Bertz CT molecular complexity index is 963. The fourth-order valence-corrected chi connectivity index (χ4v) is 2.47. The smallest absolute Gasteiger partial charge is 0.117 e. The minimum Gasteiger partial charge on any atom is -0.399 e. The van der Waals surface area contributed by atoms with E-state index in [4.69, 9.17) is 9.68 Å². The fraction of sp³-hybridized carbons (Fsp3) is 0.417. The molecule has 0 aliphatic rings. The van der Waals surface area contributed by atoms with Crippen LogP contribution in [0.15, 0.2) is 46.7 Å². The van der Waals surface area contributed by atoms with Gasteiger partial charge in [-0.1, -0.05) is 28.4 Å². The van der Waals surface area contributed by atoms with Crippen LogP contribution in [-0.4, -0.2) is 35.1 Å². The van der Waals surface area contributed by atoms with Crippen molar-refractivity contribution >= 4 is 11.4 Å². The summed E-state index contributed by atoms with van der Waals surface area (Å²) < 4.78 is 0. The second-order valence-corrected chi connectivity index (χ2v) is 7.89. The van der Waals surface area contributed by atoms with Gasteiger partial charge in [0.2, 0.25) is 0 Å². The van der Waals surface area contributed by atoms with Crippen molar-refractivity contribution in [1.29, 1.82) is 0 Å². The van der Waals surface area contributed by atoms with Gasteiger partial charge in [-0.15, -0.1) is 0 Å². The van der Waals surface area contributed by atoms with Crippen LogP contribution in [0.4, 0.5) is 0 Å². The monoisotopic (exact) mass is 406 g/mol. The molecular formula is C24H30N4O2. The molecule has 2 rings (SSSR count). The lowest BCUT2D eigenvalue weighted by Crippen LogP contribution is -2.04. The summed E-state index contributed by atoms with van der Waals surface area (Å²) in [6.45, 7) is 10.5. The Morgan fingerprint density at radius 3 is 2.33 bits per heavy atom. The van der Waals surface area contributed by atoms with Crippen LogP contribution in [0.2, 0.25) is 0 Å². The average Bonchev–Trinajstić information content (AvgIpc) is 2.72. The molecule has 6 heteroatoms. The Kier molecular flexibility index (Phi) is 8.54. The van der Waals surface area contributed by atoms with Crippen LogP contribution in [0.3, 0.4) is 0 Å². The lowest BCUT2D eigenvalue weighted by molar-refractivity contribution is 0.141. The molecule has 0 unspecified atom stereocenters. The van der Waals surface area contributed by atoms with Crippen LogP contribution in [0.25, 0.3) is 0 Å². The zero-order valence-corrected chi connectivity index (χ0v) is 18.7. The van der Waals surface area contributed by atoms with Gasteiger partial charge in [-0.3, -0.25) is 4.98 Å². The van der Waals surface area contributed by atoms with E-state index in [1.807, 2.05) is 50.2 Å². The maximum atomic E-state index is 5.48. The molecule has 0 atom stereocenters. The van der Waals surface area contributed by atoms with Crippen molar-refractivity contribution < 1.29 is 9.68 Å². The van der Waals surface area contributed by atoms with Crippen LogP contribution in [-0.2, 0) is 16.1 Å². The average molecular weight is 407 g/mol. The number of aromatic nitrogens is 2. The lowest BCUT2D eigenvalue weighted by Gasteiger charge is -2.07. The van der Waals surface area contributed by atoms with Crippen LogP contribution in [0, 0.1) is 17.3 Å². The maximum absolute atomic E-state index is 5.48. The van der Waals surface area contributed by atoms with E-state index >= 15 is 0 Å². The number of pyridine rings is 2. The van der Waals surface area contributed by atoms with Gasteiger partial charge in [0.1, 0.15) is 30.8 Å². The molecule has 2 aromatic heterocycles. The van der Waals surface area contributed by atoms with Gasteiger partial charge in [0.05, 0.1) is 11.4 Å². The molecule has 0 radical (unpaired) electrons. The third-order valence-corrected chi connectivity index (χ3v) is 3.96. The van der Waals surface area contributed by atoms with Gasteiger partial charge in [0.25, 0.3) is 0 Å². The molecule has 0 saturated carbocycles. The first-order valence-corrected chi connectivity index (χ1v) is 10.00. The Morgan fingerprint density at radius 2 is 1.63 bits per heavy atom. The van der Waals surface area contributed by atoms with Crippen molar-refractivity contribution in [1.82, 2.24) is 9.97 Å². The summed E-state index contributed by atoms with van der Waals surface area (Å²) in [6, 6.07) is 11.6. The van der Waals surface area contributed by atoms with E-state index in [2.05, 4.69) is 52.9 Å². The number of rotatable bonds is 8. The largest absolute Gasteiger partial charge is 0.399 e. The second-order valence-electron chi connectivity index (χ2n) is 7.89. The van der Waals surface area contributed by atoms with Crippen molar-refractivity contribution in [2.75, 3.05) is 13.7 Å². The van der Waals surface area contributed by atoms with Gasteiger partial charge in [-0.05, 0) is 77.6 Å². The first-order valence-electron chi connectivity index (χ1n) is 10.00. The summed E-state index contributed by atoms with van der Waals surface area (Å²) in [6.07, 6.45) is 1.59. The number of hydrogen-bond acceptors (Lipinski definition) is 6. The van der Waals surface area contributed by atoms with Crippen LogP contribution in [0.5, 0.6) is 0 Å². The summed E-state index contributed by atoms with van der Waals surface area (Å²) in [5.74, 6) is 6.31. The molecule has 0 fully saturated rings. The summed E-state index contributed by atoms with van der Waals surface area (Å²) in [5, 5.41) is 8.12. The zero-order valence-electron chi connectivity index (χ0n) is 18.7. The van der Waals surface area contributed by atoms with Crippen molar-refractivity contribution in [3.8, 4) is 11.8 Å². The number of aryl methyl sites for hydroxylation is 1. The van der Waals surface area contributed by atoms with Gasteiger partial charge in [0, 0.05) is 11.1 Å². The van der Waals surface area contributed by atoms with Crippen molar-refractivity contribution in [3.63, 3.8) is 0 Å². The Hall–Kier alpha value is -3.20. The highest BCUT2D eigenvalue weighted by atomic mass is 16.6. The van der Waals surface area contributed by atoms with Gasteiger partial charge in [-0.25, -0.2) is 4.98 Å². The summed E-state index contributed by atoms with van der Waals surface area (Å²) in [4.78, 5) is 19.4. The van der Waals surface area contributed by atoms with Gasteiger partial charge in [0.15, 0.2) is 0 Å².